The SMILES string of the molecule is COCCNC(=O)[C@H]1CN2CC[C@H]1C[C@@H]2Cn1cc(-c2ccc(C(C)(C)C)cc2)nn1. The van der Waals surface area contributed by atoms with E-state index in [1.54, 1.807) is 7.11 Å². The molecule has 1 unspecified atom stereocenters. The van der Waals surface area contributed by atoms with Crippen molar-refractivity contribution in [1.82, 2.24) is 25.2 Å². The van der Waals surface area contributed by atoms with Gasteiger partial charge in [0.25, 0.3) is 0 Å². The van der Waals surface area contributed by atoms with Crippen molar-refractivity contribution in [1.29, 1.82) is 0 Å². The van der Waals surface area contributed by atoms with Gasteiger partial charge in [0.1, 0.15) is 5.69 Å². The molecular formula is C24H35N5O2. The zero-order chi connectivity index (χ0) is 22.0. The first-order valence-electron chi connectivity index (χ1n) is 11.4. The number of methoxy groups -OCH3 is 1. The van der Waals surface area contributed by atoms with E-state index in [9.17, 15) is 4.79 Å². The van der Waals surface area contributed by atoms with Crippen LogP contribution in [0.1, 0.15) is 39.2 Å². The molecule has 1 N–H and O–H groups in total. The zero-order valence-corrected chi connectivity index (χ0v) is 19.2. The van der Waals surface area contributed by atoms with E-state index in [0.717, 1.165) is 43.7 Å². The number of carbonyl (C=O) groups excluding carboxylic acids is 1. The van der Waals surface area contributed by atoms with E-state index in [2.05, 4.69) is 65.6 Å². The number of fused-ring (bicyclic) bond motifs is 3. The van der Waals surface area contributed by atoms with Crippen LogP contribution in [0.3, 0.4) is 0 Å². The summed E-state index contributed by atoms with van der Waals surface area (Å²) in [5.74, 6) is 0.715. The number of hydrogen-bond acceptors (Lipinski definition) is 5. The van der Waals surface area contributed by atoms with Crippen LogP contribution in [-0.4, -0.2) is 65.2 Å². The number of rotatable bonds is 7. The number of nitrogens with zero attached hydrogens (tertiary/aromatic N) is 4. The van der Waals surface area contributed by atoms with E-state index >= 15 is 0 Å². The lowest BCUT2D eigenvalue weighted by atomic mass is 9.75. The largest absolute Gasteiger partial charge is 0.383 e. The highest BCUT2D eigenvalue weighted by molar-refractivity contribution is 5.79. The third-order valence-electron chi connectivity index (χ3n) is 6.80. The fourth-order valence-electron chi connectivity index (χ4n) is 4.91. The number of nitrogens with one attached hydrogen (secondary N) is 1. The van der Waals surface area contributed by atoms with Gasteiger partial charge in [0.2, 0.25) is 5.91 Å². The summed E-state index contributed by atoms with van der Waals surface area (Å²) in [7, 11) is 1.65. The minimum Gasteiger partial charge on any atom is -0.383 e. The van der Waals surface area contributed by atoms with Gasteiger partial charge in [-0.25, -0.2) is 0 Å². The molecule has 3 saturated heterocycles. The summed E-state index contributed by atoms with van der Waals surface area (Å²) >= 11 is 0. The van der Waals surface area contributed by atoms with Crippen LogP contribution in [0.25, 0.3) is 11.3 Å². The second kappa shape index (κ2) is 9.09. The van der Waals surface area contributed by atoms with Crippen LogP contribution in [0.15, 0.2) is 30.5 Å². The molecule has 31 heavy (non-hydrogen) atoms. The van der Waals surface area contributed by atoms with Crippen molar-refractivity contribution >= 4 is 5.91 Å². The van der Waals surface area contributed by atoms with Crippen LogP contribution in [0.4, 0.5) is 0 Å². The quantitative estimate of drug-likeness (QED) is 0.691. The van der Waals surface area contributed by atoms with E-state index in [4.69, 9.17) is 4.74 Å². The molecule has 4 heterocycles. The summed E-state index contributed by atoms with van der Waals surface area (Å²) in [4.78, 5) is 15.0. The predicted octanol–water partition coefficient (Wildman–Crippen LogP) is 2.72. The normalized spacial score (nSPS) is 25.5. The highest BCUT2D eigenvalue weighted by Crippen LogP contribution is 2.37. The first-order valence-corrected chi connectivity index (χ1v) is 11.4. The van der Waals surface area contributed by atoms with Crippen molar-refractivity contribution in [2.75, 3.05) is 33.4 Å². The van der Waals surface area contributed by atoms with Crippen molar-refractivity contribution < 1.29 is 9.53 Å². The van der Waals surface area contributed by atoms with Gasteiger partial charge >= 0.3 is 0 Å². The Kier molecular flexibility index (Phi) is 6.44. The van der Waals surface area contributed by atoms with Crippen LogP contribution in [-0.2, 0) is 21.5 Å². The summed E-state index contributed by atoms with van der Waals surface area (Å²) in [6.07, 6.45) is 4.18. The van der Waals surface area contributed by atoms with Crippen LogP contribution >= 0.6 is 0 Å². The smallest absolute Gasteiger partial charge is 0.224 e. The molecule has 2 aromatic rings. The molecule has 0 saturated carbocycles. The molecule has 1 aromatic heterocycles. The molecule has 7 heteroatoms. The first kappa shape index (κ1) is 22.0. The fourth-order valence-corrected chi connectivity index (χ4v) is 4.91. The van der Waals surface area contributed by atoms with Gasteiger partial charge in [0, 0.05) is 31.8 Å². The molecule has 1 amide bonds. The maximum atomic E-state index is 12.6. The fraction of sp³-hybridized carbons (Fsp3) is 0.625. The second-order valence-electron chi connectivity index (χ2n) is 9.98. The molecule has 3 aliphatic rings. The van der Waals surface area contributed by atoms with Gasteiger partial charge in [0.15, 0.2) is 0 Å². The van der Waals surface area contributed by atoms with Crippen molar-refractivity contribution in [3.8, 4) is 11.3 Å². The minimum atomic E-state index is 0.0921. The number of aromatic nitrogens is 3. The van der Waals surface area contributed by atoms with Crippen molar-refractivity contribution in [2.24, 2.45) is 11.8 Å². The number of hydrogen-bond donors (Lipinski definition) is 1. The standard InChI is InChI=1S/C24H35N5O2/c1-24(2,3)19-7-5-17(6-8-19)22-16-29(27-26-22)14-20-13-18-9-11-28(20)15-21(18)23(30)25-10-12-31-4/h5-8,16,18,20-21H,9-15H2,1-4H3,(H,25,30)/t18-,20+,21-/m0/s1. The van der Waals surface area contributed by atoms with E-state index < -0.39 is 0 Å². The molecule has 7 nitrogen and oxygen atoms in total. The number of ether oxygens (including phenoxy) is 1. The highest BCUT2D eigenvalue weighted by Gasteiger charge is 2.43. The molecule has 3 aliphatic heterocycles. The third kappa shape index (κ3) is 4.99. The lowest BCUT2D eigenvalue weighted by Gasteiger charge is -2.49. The van der Waals surface area contributed by atoms with Crippen LogP contribution in [0.2, 0.25) is 0 Å². The zero-order valence-electron chi connectivity index (χ0n) is 19.2. The maximum Gasteiger partial charge on any atom is 0.224 e. The Hall–Kier alpha value is -2.25. The number of benzene rings is 1. The number of amides is 1. The summed E-state index contributed by atoms with van der Waals surface area (Å²) in [5, 5.41) is 11.8. The van der Waals surface area contributed by atoms with Gasteiger partial charge in [0.05, 0.1) is 25.3 Å². The Balaban J connectivity index is 1.36. The van der Waals surface area contributed by atoms with Crippen molar-refractivity contribution in [3.63, 3.8) is 0 Å². The molecule has 3 fully saturated rings. The van der Waals surface area contributed by atoms with Crippen LogP contribution in [0, 0.1) is 11.8 Å². The van der Waals surface area contributed by atoms with Gasteiger partial charge in [-0.1, -0.05) is 50.3 Å². The van der Waals surface area contributed by atoms with Crippen LogP contribution < -0.4 is 5.32 Å². The molecule has 1 aromatic carbocycles. The average Bonchev–Trinajstić information content (AvgIpc) is 3.22. The summed E-state index contributed by atoms with van der Waals surface area (Å²) in [6, 6.07) is 9.04. The Labute approximate surface area is 185 Å². The topological polar surface area (TPSA) is 72.3 Å². The molecule has 5 rings (SSSR count). The van der Waals surface area contributed by atoms with E-state index in [1.165, 1.54) is 5.56 Å². The van der Waals surface area contributed by atoms with Gasteiger partial charge in [-0.2, -0.15) is 0 Å². The molecule has 0 spiro atoms. The first-order chi connectivity index (χ1) is 14.8. The van der Waals surface area contributed by atoms with Gasteiger partial charge in [-0.15, -0.1) is 5.10 Å². The van der Waals surface area contributed by atoms with E-state index in [1.807, 2.05) is 10.9 Å². The molecule has 168 valence electrons. The molecule has 2 bridgehead atoms. The third-order valence-corrected chi connectivity index (χ3v) is 6.80. The Morgan fingerprint density at radius 2 is 2.03 bits per heavy atom. The maximum absolute atomic E-state index is 12.6. The number of piperidine rings is 3. The van der Waals surface area contributed by atoms with Crippen molar-refractivity contribution in [2.45, 2.75) is 51.6 Å². The molecular weight excluding hydrogens is 390 g/mol. The summed E-state index contributed by atoms with van der Waals surface area (Å²) < 4.78 is 7.00. The lowest BCUT2D eigenvalue weighted by Crippen LogP contribution is -2.58. The van der Waals surface area contributed by atoms with Gasteiger partial charge in [-0.05, 0) is 36.3 Å². The second-order valence-corrected chi connectivity index (χ2v) is 9.98. The average molecular weight is 426 g/mol. The monoisotopic (exact) mass is 425 g/mol. The Morgan fingerprint density at radius 1 is 1.26 bits per heavy atom. The Morgan fingerprint density at radius 3 is 2.68 bits per heavy atom. The summed E-state index contributed by atoms with van der Waals surface area (Å²) in [5.41, 5.74) is 3.46. The molecule has 4 atom stereocenters. The molecule has 0 aliphatic carbocycles. The van der Waals surface area contributed by atoms with Crippen molar-refractivity contribution in [3.05, 3.63) is 36.0 Å². The lowest BCUT2D eigenvalue weighted by molar-refractivity contribution is -0.133. The van der Waals surface area contributed by atoms with Gasteiger partial charge in [-0.3, -0.25) is 14.4 Å². The van der Waals surface area contributed by atoms with Crippen LogP contribution in [0.5, 0.6) is 0 Å². The molecule has 0 radical (unpaired) electrons. The minimum absolute atomic E-state index is 0.0921. The number of carbonyl (C=O) groups is 1. The highest BCUT2D eigenvalue weighted by atomic mass is 16.5. The predicted molar refractivity (Wildman–Crippen MR) is 121 cm³/mol. The van der Waals surface area contributed by atoms with E-state index in [-0.39, 0.29) is 17.2 Å². The van der Waals surface area contributed by atoms with Gasteiger partial charge < -0.3 is 10.1 Å². The Bertz CT molecular complexity index is 886. The van der Waals surface area contributed by atoms with E-state index in [0.29, 0.717) is 25.1 Å². The summed E-state index contributed by atoms with van der Waals surface area (Å²) in [6.45, 7) is 10.5.